The van der Waals surface area contributed by atoms with Crippen LogP contribution in [0, 0.1) is 11.3 Å². The fourth-order valence-electron chi connectivity index (χ4n) is 1.60. The molecule has 0 bridgehead atoms. The van der Waals surface area contributed by atoms with Crippen molar-refractivity contribution >= 4 is 34.9 Å². The summed E-state index contributed by atoms with van der Waals surface area (Å²) in [6.45, 7) is 0. The molecule has 0 unspecified atom stereocenters. The standard InChI is InChI=1S/C15H9Cl2N/c16-14-5-1-3-11(8-14)7-13(10-18)12-4-2-6-15(17)9-12/h1-9H/b13-7+. The van der Waals surface area contributed by atoms with Gasteiger partial charge in [0, 0.05) is 10.0 Å². The topological polar surface area (TPSA) is 23.8 Å². The van der Waals surface area contributed by atoms with Gasteiger partial charge in [-0.05, 0) is 41.5 Å². The van der Waals surface area contributed by atoms with Crippen molar-refractivity contribution in [2.75, 3.05) is 0 Å². The van der Waals surface area contributed by atoms with Gasteiger partial charge >= 0.3 is 0 Å². The predicted molar refractivity (Wildman–Crippen MR) is 76.4 cm³/mol. The lowest BCUT2D eigenvalue weighted by molar-refractivity contribution is 1.52. The lowest BCUT2D eigenvalue weighted by atomic mass is 10.0. The van der Waals surface area contributed by atoms with Gasteiger partial charge in [-0.25, -0.2) is 0 Å². The quantitative estimate of drug-likeness (QED) is 0.554. The van der Waals surface area contributed by atoms with E-state index in [9.17, 15) is 5.26 Å². The molecule has 2 aromatic rings. The molecule has 88 valence electrons. The number of hydrogen-bond donors (Lipinski definition) is 0. The molecule has 0 N–H and O–H groups in total. The van der Waals surface area contributed by atoms with E-state index in [0.29, 0.717) is 15.6 Å². The van der Waals surface area contributed by atoms with Crippen molar-refractivity contribution in [1.82, 2.24) is 0 Å². The van der Waals surface area contributed by atoms with Crippen molar-refractivity contribution in [3.8, 4) is 6.07 Å². The van der Waals surface area contributed by atoms with Crippen LogP contribution in [0.3, 0.4) is 0 Å². The van der Waals surface area contributed by atoms with Crippen LogP contribution in [0.25, 0.3) is 11.6 Å². The highest BCUT2D eigenvalue weighted by Gasteiger charge is 2.02. The Morgan fingerprint density at radius 1 is 1.00 bits per heavy atom. The monoisotopic (exact) mass is 273 g/mol. The van der Waals surface area contributed by atoms with Gasteiger partial charge in [0.05, 0.1) is 11.6 Å². The second kappa shape index (κ2) is 5.73. The van der Waals surface area contributed by atoms with Crippen LogP contribution in [0.15, 0.2) is 48.5 Å². The predicted octanol–water partition coefficient (Wildman–Crippen LogP) is 5.06. The Hall–Kier alpha value is -1.75. The van der Waals surface area contributed by atoms with E-state index in [2.05, 4.69) is 6.07 Å². The first-order valence-corrected chi connectivity index (χ1v) is 6.08. The largest absolute Gasteiger partial charge is 0.192 e. The Balaban J connectivity index is 2.44. The molecule has 0 saturated carbocycles. The molecule has 0 radical (unpaired) electrons. The van der Waals surface area contributed by atoms with Crippen LogP contribution in [0.2, 0.25) is 10.0 Å². The molecular formula is C15H9Cl2N. The van der Waals surface area contributed by atoms with Crippen molar-refractivity contribution in [3.63, 3.8) is 0 Å². The molecule has 0 amide bonds. The number of allylic oxidation sites excluding steroid dienone is 1. The minimum absolute atomic E-state index is 0.555. The molecule has 0 aliphatic heterocycles. The van der Waals surface area contributed by atoms with Crippen LogP contribution in [0.1, 0.15) is 11.1 Å². The van der Waals surface area contributed by atoms with E-state index in [1.165, 1.54) is 0 Å². The van der Waals surface area contributed by atoms with E-state index in [-0.39, 0.29) is 0 Å². The molecule has 0 atom stereocenters. The van der Waals surface area contributed by atoms with Gasteiger partial charge in [-0.2, -0.15) is 5.26 Å². The first kappa shape index (κ1) is 12.7. The molecule has 18 heavy (non-hydrogen) atoms. The first-order valence-electron chi connectivity index (χ1n) is 5.32. The second-order valence-electron chi connectivity index (χ2n) is 3.74. The van der Waals surface area contributed by atoms with E-state index in [0.717, 1.165) is 11.1 Å². The zero-order chi connectivity index (χ0) is 13.0. The number of nitrogens with zero attached hydrogens (tertiary/aromatic N) is 1. The summed E-state index contributed by atoms with van der Waals surface area (Å²) in [7, 11) is 0. The molecule has 1 nitrogen and oxygen atoms in total. The fourth-order valence-corrected chi connectivity index (χ4v) is 1.99. The van der Waals surface area contributed by atoms with Crippen molar-refractivity contribution in [2.45, 2.75) is 0 Å². The Bertz CT molecular complexity index is 639. The Morgan fingerprint density at radius 3 is 2.28 bits per heavy atom. The van der Waals surface area contributed by atoms with Gasteiger partial charge in [-0.15, -0.1) is 0 Å². The van der Waals surface area contributed by atoms with Crippen LogP contribution in [0.5, 0.6) is 0 Å². The third-order valence-electron chi connectivity index (χ3n) is 2.42. The van der Waals surface area contributed by atoms with Crippen molar-refractivity contribution in [2.24, 2.45) is 0 Å². The summed E-state index contributed by atoms with van der Waals surface area (Å²) < 4.78 is 0. The molecule has 2 rings (SSSR count). The van der Waals surface area contributed by atoms with Gasteiger partial charge in [0.1, 0.15) is 0 Å². The number of benzene rings is 2. The first-order chi connectivity index (χ1) is 8.69. The van der Waals surface area contributed by atoms with Crippen molar-refractivity contribution in [3.05, 3.63) is 69.7 Å². The maximum Gasteiger partial charge on any atom is 0.0998 e. The minimum Gasteiger partial charge on any atom is -0.192 e. The van der Waals surface area contributed by atoms with E-state index in [1.54, 1.807) is 24.3 Å². The summed E-state index contributed by atoms with van der Waals surface area (Å²) in [5, 5.41) is 10.5. The summed E-state index contributed by atoms with van der Waals surface area (Å²) in [5.74, 6) is 0. The highest BCUT2D eigenvalue weighted by molar-refractivity contribution is 6.31. The Kier molecular flexibility index (Phi) is 4.04. The molecule has 0 fully saturated rings. The summed E-state index contributed by atoms with van der Waals surface area (Å²) in [5.41, 5.74) is 2.24. The molecule has 0 aliphatic carbocycles. The average Bonchev–Trinajstić information content (AvgIpc) is 2.36. The summed E-state index contributed by atoms with van der Waals surface area (Å²) in [6.07, 6.45) is 1.79. The van der Waals surface area contributed by atoms with Crippen LogP contribution in [-0.4, -0.2) is 0 Å². The molecule has 3 heteroatoms. The molecule has 0 aromatic heterocycles. The normalized spacial score (nSPS) is 11.1. The summed E-state index contributed by atoms with van der Waals surface area (Å²) in [6, 6.07) is 16.7. The SMILES string of the molecule is N#C/C(=C\c1cccc(Cl)c1)c1cccc(Cl)c1. The lowest BCUT2D eigenvalue weighted by Crippen LogP contribution is -1.82. The maximum atomic E-state index is 9.21. The van der Waals surface area contributed by atoms with Crippen LogP contribution >= 0.6 is 23.2 Å². The molecule has 0 saturated heterocycles. The van der Waals surface area contributed by atoms with Crippen molar-refractivity contribution < 1.29 is 0 Å². The second-order valence-corrected chi connectivity index (χ2v) is 4.61. The van der Waals surface area contributed by atoms with Gasteiger partial charge < -0.3 is 0 Å². The Labute approximate surface area is 116 Å². The van der Waals surface area contributed by atoms with Crippen LogP contribution in [0.4, 0.5) is 0 Å². The number of halogens is 2. The zero-order valence-electron chi connectivity index (χ0n) is 9.40. The highest BCUT2D eigenvalue weighted by atomic mass is 35.5. The summed E-state index contributed by atoms with van der Waals surface area (Å²) >= 11 is 11.8. The van der Waals surface area contributed by atoms with E-state index in [1.807, 2.05) is 30.3 Å². The van der Waals surface area contributed by atoms with Crippen molar-refractivity contribution in [1.29, 1.82) is 5.26 Å². The van der Waals surface area contributed by atoms with Crippen LogP contribution in [-0.2, 0) is 0 Å². The highest BCUT2D eigenvalue weighted by Crippen LogP contribution is 2.22. The molecule has 0 aliphatic rings. The number of nitriles is 1. The van der Waals surface area contributed by atoms with Gasteiger partial charge in [-0.1, -0.05) is 47.5 Å². The van der Waals surface area contributed by atoms with Gasteiger partial charge in [0.25, 0.3) is 0 Å². The lowest BCUT2D eigenvalue weighted by Gasteiger charge is -2.01. The minimum atomic E-state index is 0.555. The van der Waals surface area contributed by atoms with Gasteiger partial charge in [-0.3, -0.25) is 0 Å². The van der Waals surface area contributed by atoms with E-state index < -0.39 is 0 Å². The third kappa shape index (κ3) is 3.13. The maximum absolute atomic E-state index is 9.21. The summed E-state index contributed by atoms with van der Waals surface area (Å²) in [4.78, 5) is 0. The molecular weight excluding hydrogens is 265 g/mol. The zero-order valence-corrected chi connectivity index (χ0v) is 10.9. The molecule has 2 aromatic carbocycles. The number of hydrogen-bond acceptors (Lipinski definition) is 1. The van der Waals surface area contributed by atoms with E-state index in [4.69, 9.17) is 23.2 Å². The third-order valence-corrected chi connectivity index (χ3v) is 2.89. The molecule has 0 spiro atoms. The van der Waals surface area contributed by atoms with Gasteiger partial charge in [0.15, 0.2) is 0 Å². The number of rotatable bonds is 2. The smallest absolute Gasteiger partial charge is 0.0998 e. The fraction of sp³-hybridized carbons (Fsp3) is 0. The van der Waals surface area contributed by atoms with Gasteiger partial charge in [0.2, 0.25) is 0 Å². The Morgan fingerprint density at radius 2 is 1.67 bits per heavy atom. The van der Waals surface area contributed by atoms with Crippen LogP contribution < -0.4 is 0 Å². The van der Waals surface area contributed by atoms with E-state index >= 15 is 0 Å². The average molecular weight is 274 g/mol. The molecule has 0 heterocycles.